The van der Waals surface area contributed by atoms with E-state index in [0.717, 1.165) is 17.6 Å². The quantitative estimate of drug-likeness (QED) is 0.561. The molecule has 0 radical (unpaired) electrons. The maximum Gasteiger partial charge on any atom is 0.186 e. The van der Waals surface area contributed by atoms with Crippen molar-refractivity contribution in [2.24, 2.45) is 0 Å². The van der Waals surface area contributed by atoms with E-state index in [1.807, 2.05) is 31.2 Å². The SMILES string of the molecule is CC1=CC/C(=C/C(=O)c2ccccc2)C(Cl)=C1. The topological polar surface area (TPSA) is 17.1 Å². The number of hydrogen-bond donors (Lipinski definition) is 0. The molecule has 0 aliphatic heterocycles. The summed E-state index contributed by atoms with van der Waals surface area (Å²) in [7, 11) is 0. The van der Waals surface area contributed by atoms with Gasteiger partial charge in [-0.05, 0) is 31.1 Å². The largest absolute Gasteiger partial charge is 0.289 e. The van der Waals surface area contributed by atoms with Crippen molar-refractivity contribution in [3.8, 4) is 0 Å². The Morgan fingerprint density at radius 2 is 2.00 bits per heavy atom. The number of ketones is 1. The standard InChI is InChI=1S/C15H13ClO/c1-11-7-8-13(14(16)9-11)10-15(17)12-5-3-2-4-6-12/h2-7,9-10H,8H2,1H3/b13-10-. The molecule has 0 saturated carbocycles. The lowest BCUT2D eigenvalue weighted by Crippen LogP contribution is -1.98. The van der Waals surface area contributed by atoms with Crippen LogP contribution in [0.2, 0.25) is 0 Å². The number of hydrogen-bond acceptors (Lipinski definition) is 1. The highest BCUT2D eigenvalue weighted by Gasteiger charge is 2.10. The highest BCUT2D eigenvalue weighted by atomic mass is 35.5. The van der Waals surface area contributed by atoms with Gasteiger partial charge in [-0.2, -0.15) is 0 Å². The number of benzene rings is 1. The van der Waals surface area contributed by atoms with Crippen LogP contribution >= 0.6 is 11.6 Å². The number of allylic oxidation sites excluding steroid dienone is 6. The molecular formula is C15H13ClO. The van der Waals surface area contributed by atoms with E-state index in [2.05, 4.69) is 6.08 Å². The Morgan fingerprint density at radius 1 is 1.29 bits per heavy atom. The lowest BCUT2D eigenvalue weighted by atomic mass is 10.00. The summed E-state index contributed by atoms with van der Waals surface area (Å²) >= 11 is 6.11. The minimum Gasteiger partial charge on any atom is -0.289 e. The second-order valence-electron chi connectivity index (χ2n) is 4.04. The van der Waals surface area contributed by atoms with Crippen molar-refractivity contribution in [1.82, 2.24) is 0 Å². The van der Waals surface area contributed by atoms with Gasteiger partial charge in [-0.3, -0.25) is 4.79 Å². The minimum atomic E-state index is 0.0000954. The van der Waals surface area contributed by atoms with Gasteiger partial charge in [0.15, 0.2) is 5.78 Å². The molecule has 1 aliphatic rings. The van der Waals surface area contributed by atoms with E-state index < -0.39 is 0 Å². The van der Waals surface area contributed by atoms with Crippen LogP contribution in [0.1, 0.15) is 23.7 Å². The summed E-state index contributed by atoms with van der Waals surface area (Å²) in [4.78, 5) is 12.0. The van der Waals surface area contributed by atoms with Crippen LogP contribution in [-0.2, 0) is 0 Å². The Bertz CT molecular complexity index is 521. The molecule has 0 atom stereocenters. The van der Waals surface area contributed by atoms with Crippen molar-refractivity contribution in [1.29, 1.82) is 0 Å². The molecule has 0 amide bonds. The van der Waals surface area contributed by atoms with Gasteiger partial charge < -0.3 is 0 Å². The first-order chi connectivity index (χ1) is 8.16. The third-order valence-electron chi connectivity index (χ3n) is 2.67. The average Bonchev–Trinajstić information content (AvgIpc) is 2.34. The van der Waals surface area contributed by atoms with E-state index in [4.69, 9.17) is 11.6 Å². The van der Waals surface area contributed by atoms with Gasteiger partial charge >= 0.3 is 0 Å². The van der Waals surface area contributed by atoms with Gasteiger partial charge in [-0.25, -0.2) is 0 Å². The molecule has 2 heteroatoms. The molecule has 0 spiro atoms. The fourth-order valence-corrected chi connectivity index (χ4v) is 2.00. The number of carbonyl (C=O) groups excluding carboxylic acids is 1. The Hall–Kier alpha value is -1.60. The predicted octanol–water partition coefficient (Wildman–Crippen LogP) is 4.27. The smallest absolute Gasteiger partial charge is 0.186 e. The molecule has 86 valence electrons. The van der Waals surface area contributed by atoms with E-state index in [1.165, 1.54) is 0 Å². The molecule has 0 bridgehead atoms. The van der Waals surface area contributed by atoms with Gasteiger partial charge in [0.2, 0.25) is 0 Å². The highest BCUT2D eigenvalue weighted by molar-refractivity contribution is 6.32. The molecule has 0 unspecified atom stereocenters. The first-order valence-corrected chi connectivity index (χ1v) is 5.89. The molecular weight excluding hydrogens is 232 g/mol. The fraction of sp³-hybridized carbons (Fsp3) is 0.133. The first-order valence-electron chi connectivity index (χ1n) is 5.51. The lowest BCUT2D eigenvalue weighted by molar-refractivity contribution is 0.104. The van der Waals surface area contributed by atoms with Crippen LogP contribution in [0.5, 0.6) is 0 Å². The van der Waals surface area contributed by atoms with Crippen LogP contribution in [0.4, 0.5) is 0 Å². The summed E-state index contributed by atoms with van der Waals surface area (Å²) in [5.41, 5.74) is 2.71. The summed E-state index contributed by atoms with van der Waals surface area (Å²) in [6.45, 7) is 2.00. The number of carbonyl (C=O) groups is 1. The van der Waals surface area contributed by atoms with Gasteiger partial charge in [-0.1, -0.05) is 53.6 Å². The number of rotatable bonds is 2. The van der Waals surface area contributed by atoms with Crippen molar-refractivity contribution in [3.63, 3.8) is 0 Å². The van der Waals surface area contributed by atoms with E-state index >= 15 is 0 Å². The minimum absolute atomic E-state index is 0.0000954. The van der Waals surface area contributed by atoms with Crippen molar-refractivity contribution in [3.05, 3.63) is 70.3 Å². The first kappa shape index (κ1) is 11.9. The number of halogens is 1. The molecule has 0 fully saturated rings. The van der Waals surface area contributed by atoms with Gasteiger partial charge in [0.25, 0.3) is 0 Å². The molecule has 1 aromatic rings. The molecule has 1 aliphatic carbocycles. The van der Waals surface area contributed by atoms with Crippen molar-refractivity contribution in [2.45, 2.75) is 13.3 Å². The zero-order valence-corrected chi connectivity index (χ0v) is 10.4. The average molecular weight is 245 g/mol. The third-order valence-corrected chi connectivity index (χ3v) is 3.02. The Balaban J connectivity index is 2.22. The second kappa shape index (κ2) is 5.15. The van der Waals surface area contributed by atoms with E-state index in [-0.39, 0.29) is 5.78 Å². The van der Waals surface area contributed by atoms with E-state index in [1.54, 1.807) is 18.2 Å². The van der Waals surface area contributed by atoms with E-state index in [9.17, 15) is 4.79 Å². The predicted molar refractivity (Wildman–Crippen MR) is 71.2 cm³/mol. The van der Waals surface area contributed by atoms with Crippen LogP contribution in [0, 0.1) is 0 Å². The van der Waals surface area contributed by atoms with Crippen LogP contribution in [0.3, 0.4) is 0 Å². The van der Waals surface area contributed by atoms with Crippen LogP contribution in [-0.4, -0.2) is 5.78 Å². The Labute approximate surface area is 106 Å². The highest BCUT2D eigenvalue weighted by Crippen LogP contribution is 2.26. The summed E-state index contributed by atoms with van der Waals surface area (Å²) in [6, 6.07) is 9.22. The molecule has 0 heterocycles. The van der Waals surface area contributed by atoms with Gasteiger partial charge in [0.05, 0.1) is 0 Å². The molecule has 0 aromatic heterocycles. The fourth-order valence-electron chi connectivity index (χ4n) is 1.69. The third kappa shape index (κ3) is 2.95. The maximum atomic E-state index is 12.0. The molecule has 17 heavy (non-hydrogen) atoms. The molecule has 1 nitrogen and oxygen atoms in total. The maximum absolute atomic E-state index is 12.0. The van der Waals surface area contributed by atoms with Crippen molar-refractivity contribution >= 4 is 17.4 Å². The summed E-state index contributed by atoms with van der Waals surface area (Å²) in [5, 5.41) is 0.661. The molecule has 1 aromatic carbocycles. The molecule has 0 saturated heterocycles. The van der Waals surface area contributed by atoms with Crippen molar-refractivity contribution in [2.75, 3.05) is 0 Å². The van der Waals surface area contributed by atoms with Crippen molar-refractivity contribution < 1.29 is 4.79 Å². The summed E-state index contributed by atoms with van der Waals surface area (Å²) in [6.07, 6.45) is 6.29. The molecule has 0 N–H and O–H groups in total. The van der Waals surface area contributed by atoms with Crippen LogP contribution in [0.15, 0.2) is 64.7 Å². The van der Waals surface area contributed by atoms with Crippen LogP contribution < -0.4 is 0 Å². The second-order valence-corrected chi connectivity index (χ2v) is 4.45. The van der Waals surface area contributed by atoms with Gasteiger partial charge in [-0.15, -0.1) is 0 Å². The lowest BCUT2D eigenvalue weighted by Gasteiger charge is -2.09. The zero-order chi connectivity index (χ0) is 12.3. The summed E-state index contributed by atoms with van der Waals surface area (Å²) in [5.74, 6) is 0.0000954. The summed E-state index contributed by atoms with van der Waals surface area (Å²) < 4.78 is 0. The zero-order valence-electron chi connectivity index (χ0n) is 9.61. The normalized spacial score (nSPS) is 17.6. The van der Waals surface area contributed by atoms with Gasteiger partial charge in [0.1, 0.15) is 0 Å². The van der Waals surface area contributed by atoms with Crippen LogP contribution in [0.25, 0.3) is 0 Å². The Morgan fingerprint density at radius 3 is 2.65 bits per heavy atom. The Kier molecular flexibility index (Phi) is 3.60. The molecule has 2 rings (SSSR count). The van der Waals surface area contributed by atoms with E-state index in [0.29, 0.717) is 10.6 Å². The van der Waals surface area contributed by atoms with Gasteiger partial charge in [0, 0.05) is 10.6 Å². The monoisotopic (exact) mass is 244 g/mol.